The number of aromatic hydroxyl groups is 1. The van der Waals surface area contributed by atoms with Gasteiger partial charge in [0.2, 0.25) is 5.75 Å². The zero-order valence-corrected chi connectivity index (χ0v) is 27.4. The molecule has 0 aliphatic carbocycles. The van der Waals surface area contributed by atoms with E-state index in [1.165, 1.54) is 32.4 Å². The Bertz CT molecular complexity index is 1740. The molecule has 0 fully saturated rings. The molecule has 0 saturated carbocycles. The summed E-state index contributed by atoms with van der Waals surface area (Å²) in [4.78, 5) is 13.5. The van der Waals surface area contributed by atoms with Crippen LogP contribution in [0.15, 0.2) is 121 Å². The Hall–Kier alpha value is -5.77. The molecule has 9 nitrogen and oxygen atoms in total. The van der Waals surface area contributed by atoms with Crippen LogP contribution in [0.3, 0.4) is 0 Å². The normalized spacial score (nSPS) is 10.9. The monoisotopic (exact) mass is 662 g/mol. The van der Waals surface area contributed by atoms with Gasteiger partial charge in [-0.3, -0.25) is 4.79 Å². The number of rotatable bonds is 18. The molecule has 5 rings (SSSR count). The van der Waals surface area contributed by atoms with Gasteiger partial charge in [-0.15, -0.1) is 0 Å². The van der Waals surface area contributed by atoms with Crippen molar-refractivity contribution in [3.8, 4) is 34.5 Å². The molecule has 5 aromatic carbocycles. The molecule has 0 heterocycles. The van der Waals surface area contributed by atoms with Crippen molar-refractivity contribution >= 4 is 11.9 Å². The molecule has 0 saturated heterocycles. The first-order valence-electron chi connectivity index (χ1n) is 15.5. The summed E-state index contributed by atoms with van der Waals surface area (Å²) < 4.78 is 40.1. The number of allylic oxidation sites excluding steroid dienone is 1. The van der Waals surface area contributed by atoms with Crippen molar-refractivity contribution in [2.75, 3.05) is 27.8 Å². The van der Waals surface area contributed by atoms with Crippen LogP contribution in [0.4, 0.5) is 0 Å². The van der Waals surface area contributed by atoms with Crippen molar-refractivity contribution in [2.45, 2.75) is 19.8 Å². The molecule has 0 bridgehead atoms. The molecule has 0 spiro atoms. The summed E-state index contributed by atoms with van der Waals surface area (Å²) in [6, 6.07) is 35.8. The summed E-state index contributed by atoms with van der Waals surface area (Å²) in [6.45, 7) is 0.638. The Morgan fingerprint density at radius 2 is 1.08 bits per heavy atom. The van der Waals surface area contributed by atoms with Crippen molar-refractivity contribution in [3.05, 3.63) is 149 Å². The van der Waals surface area contributed by atoms with E-state index in [0.29, 0.717) is 22.8 Å². The first kappa shape index (κ1) is 34.6. The van der Waals surface area contributed by atoms with Crippen LogP contribution in [0.2, 0.25) is 0 Å². The Kier molecular flexibility index (Phi) is 12.7. The van der Waals surface area contributed by atoms with Gasteiger partial charge in [0.15, 0.2) is 30.9 Å². The van der Waals surface area contributed by atoms with Gasteiger partial charge in [-0.1, -0.05) is 97.1 Å². The largest absolute Gasteiger partial charge is 0.507 e. The highest BCUT2D eigenvalue weighted by Gasteiger charge is 2.20. The lowest BCUT2D eigenvalue weighted by Crippen LogP contribution is -2.07. The summed E-state index contributed by atoms with van der Waals surface area (Å²) >= 11 is 0. The van der Waals surface area contributed by atoms with Crippen molar-refractivity contribution < 1.29 is 43.1 Å². The minimum Gasteiger partial charge on any atom is -0.507 e. The van der Waals surface area contributed by atoms with Gasteiger partial charge in [-0.25, -0.2) is 0 Å². The molecule has 0 unspecified atom stereocenters. The van der Waals surface area contributed by atoms with Gasteiger partial charge in [0.1, 0.15) is 42.6 Å². The number of carbonyl (C=O) groups excluding carboxylic acids is 1. The van der Waals surface area contributed by atoms with Gasteiger partial charge in [0.05, 0.1) is 0 Å². The highest BCUT2D eigenvalue weighted by atomic mass is 16.7. The van der Waals surface area contributed by atoms with Gasteiger partial charge in [-0.05, 0) is 40.5 Å². The van der Waals surface area contributed by atoms with E-state index in [-0.39, 0.29) is 56.2 Å². The molecule has 9 heteroatoms. The average Bonchev–Trinajstić information content (AvgIpc) is 3.14. The maximum absolute atomic E-state index is 13.5. The second-order valence-electron chi connectivity index (χ2n) is 10.8. The van der Waals surface area contributed by atoms with Crippen LogP contribution < -0.4 is 23.7 Å². The Balaban J connectivity index is 1.50. The van der Waals surface area contributed by atoms with Crippen LogP contribution in [0.5, 0.6) is 34.5 Å². The number of methoxy groups -OCH3 is 2. The van der Waals surface area contributed by atoms with E-state index in [0.717, 1.165) is 16.7 Å². The summed E-state index contributed by atoms with van der Waals surface area (Å²) in [7, 11) is 2.93. The second kappa shape index (κ2) is 18.0. The molecule has 0 atom stereocenters. The molecule has 49 heavy (non-hydrogen) atoms. The molecule has 252 valence electrons. The Morgan fingerprint density at radius 3 is 1.59 bits per heavy atom. The maximum atomic E-state index is 13.5. The maximum Gasteiger partial charge on any atom is 0.203 e. The minimum absolute atomic E-state index is 0.0508. The fourth-order valence-corrected chi connectivity index (χ4v) is 4.78. The van der Waals surface area contributed by atoms with Gasteiger partial charge in [-0.2, -0.15) is 0 Å². The van der Waals surface area contributed by atoms with Crippen LogP contribution in [0, 0.1) is 0 Å². The topological polar surface area (TPSA) is 102 Å². The molecule has 0 aliphatic rings. The summed E-state index contributed by atoms with van der Waals surface area (Å²) in [5, 5.41) is 10.8. The number of hydrogen-bond acceptors (Lipinski definition) is 9. The highest BCUT2D eigenvalue weighted by molar-refractivity contribution is 6.10. The molecular formula is C40H38O9. The number of carbonyl (C=O) groups is 1. The quantitative estimate of drug-likeness (QED) is 0.0568. The number of ketones is 1. The number of ether oxygens (including phenoxy) is 7. The van der Waals surface area contributed by atoms with Crippen LogP contribution in [0.1, 0.15) is 32.6 Å². The molecule has 5 aromatic rings. The van der Waals surface area contributed by atoms with Gasteiger partial charge < -0.3 is 38.3 Å². The van der Waals surface area contributed by atoms with E-state index in [4.69, 9.17) is 33.2 Å². The van der Waals surface area contributed by atoms with E-state index >= 15 is 0 Å². The predicted molar refractivity (Wildman–Crippen MR) is 185 cm³/mol. The highest BCUT2D eigenvalue weighted by Crippen LogP contribution is 2.41. The molecule has 0 radical (unpaired) electrons. The first-order valence-corrected chi connectivity index (χ1v) is 15.5. The van der Waals surface area contributed by atoms with Crippen molar-refractivity contribution in [1.29, 1.82) is 0 Å². The van der Waals surface area contributed by atoms with E-state index < -0.39 is 5.78 Å². The fourth-order valence-electron chi connectivity index (χ4n) is 4.78. The lowest BCUT2D eigenvalue weighted by atomic mass is 10.1. The number of phenols is 1. The summed E-state index contributed by atoms with van der Waals surface area (Å²) in [6.07, 6.45) is 2.95. The van der Waals surface area contributed by atoms with Crippen LogP contribution in [-0.2, 0) is 29.3 Å². The van der Waals surface area contributed by atoms with Crippen molar-refractivity contribution in [3.63, 3.8) is 0 Å². The molecule has 1 N–H and O–H groups in total. The summed E-state index contributed by atoms with van der Waals surface area (Å²) in [5.41, 5.74) is 3.46. The SMILES string of the molecule is COCOc1cc(O)c(C(=O)C=Cc2cc(OCc3ccccc3)c(OCc3ccccc3)c(OCc3ccccc3)c2)c(OCOC)c1. The Labute approximate surface area is 285 Å². The smallest absolute Gasteiger partial charge is 0.203 e. The zero-order chi connectivity index (χ0) is 34.3. The van der Waals surface area contributed by atoms with Crippen molar-refractivity contribution in [2.24, 2.45) is 0 Å². The van der Waals surface area contributed by atoms with Gasteiger partial charge in [0.25, 0.3) is 0 Å². The first-order chi connectivity index (χ1) is 24.0. The van der Waals surface area contributed by atoms with Gasteiger partial charge in [0, 0.05) is 26.4 Å². The molecule has 0 amide bonds. The van der Waals surface area contributed by atoms with Crippen LogP contribution >= 0.6 is 0 Å². The molecule has 0 aromatic heterocycles. The third kappa shape index (κ3) is 10.1. The molecule has 0 aliphatic heterocycles. The van der Waals surface area contributed by atoms with E-state index in [2.05, 4.69) is 0 Å². The summed E-state index contributed by atoms with van der Waals surface area (Å²) in [5.74, 6) is 0.818. The Morgan fingerprint density at radius 1 is 0.592 bits per heavy atom. The third-order valence-corrected chi connectivity index (χ3v) is 7.15. The zero-order valence-electron chi connectivity index (χ0n) is 27.4. The number of benzene rings is 5. The van der Waals surface area contributed by atoms with Crippen LogP contribution in [0.25, 0.3) is 6.08 Å². The lowest BCUT2D eigenvalue weighted by Gasteiger charge is -2.18. The van der Waals surface area contributed by atoms with Crippen molar-refractivity contribution in [1.82, 2.24) is 0 Å². The minimum atomic E-state index is -0.509. The third-order valence-electron chi connectivity index (χ3n) is 7.15. The van der Waals surface area contributed by atoms with E-state index in [9.17, 15) is 9.90 Å². The number of phenolic OH excluding ortho intramolecular Hbond substituents is 1. The predicted octanol–water partition coefficient (Wildman–Crippen LogP) is 7.99. The number of hydrogen-bond donors (Lipinski definition) is 1. The van der Waals surface area contributed by atoms with E-state index in [1.807, 2.05) is 91.0 Å². The van der Waals surface area contributed by atoms with Gasteiger partial charge >= 0.3 is 0 Å². The second-order valence-corrected chi connectivity index (χ2v) is 10.8. The molecular weight excluding hydrogens is 624 g/mol. The standard InChI is InChI=1S/C40H38O9/c1-43-27-48-33-22-35(42)39(36(23-33)49-28-44-2)34(41)19-18-32-20-37(45-24-29-12-6-3-7-13-29)40(47-26-31-16-10-5-11-17-31)38(21-32)46-25-30-14-8-4-9-15-30/h3-23,42H,24-28H2,1-2H3. The average molecular weight is 663 g/mol. The van der Waals surface area contributed by atoms with Crippen LogP contribution in [-0.4, -0.2) is 38.7 Å². The lowest BCUT2D eigenvalue weighted by molar-refractivity contribution is 0.0453. The fraction of sp³-hybridized carbons (Fsp3) is 0.175. The van der Waals surface area contributed by atoms with E-state index in [1.54, 1.807) is 18.2 Å².